The average molecular weight is 303 g/mol. The van der Waals surface area contributed by atoms with E-state index in [1.165, 1.54) is 18.4 Å². The van der Waals surface area contributed by atoms with Crippen LogP contribution < -0.4 is 10.6 Å². The van der Waals surface area contributed by atoms with E-state index in [1.54, 1.807) is 0 Å². The van der Waals surface area contributed by atoms with Gasteiger partial charge in [0.2, 0.25) is 0 Å². The first-order valence-electron chi connectivity index (χ1n) is 8.34. The minimum absolute atomic E-state index is 0.421. The summed E-state index contributed by atoms with van der Waals surface area (Å²) in [4.78, 5) is 4.30. The Bertz CT molecular complexity index is 455. The molecule has 0 aliphatic heterocycles. The zero-order valence-electron chi connectivity index (χ0n) is 13.9. The maximum absolute atomic E-state index is 5.34. The summed E-state index contributed by atoms with van der Waals surface area (Å²) in [6.45, 7) is 5.50. The number of rotatable bonds is 9. The van der Waals surface area contributed by atoms with E-state index < -0.39 is 0 Å². The molecule has 0 unspecified atom stereocenters. The van der Waals surface area contributed by atoms with Crippen molar-refractivity contribution in [3.63, 3.8) is 0 Å². The lowest BCUT2D eigenvalue weighted by Gasteiger charge is -2.18. The lowest BCUT2D eigenvalue weighted by atomic mass is 9.96. The maximum Gasteiger partial charge on any atom is 0.190 e. The molecule has 1 aliphatic rings. The number of nitrogens with zero attached hydrogens (tertiary/aromatic N) is 1. The van der Waals surface area contributed by atoms with Gasteiger partial charge in [0.1, 0.15) is 0 Å². The number of benzene rings is 1. The summed E-state index contributed by atoms with van der Waals surface area (Å²) in [6, 6.07) is 10.8. The summed E-state index contributed by atoms with van der Waals surface area (Å²) in [5, 5.41) is 6.83. The van der Waals surface area contributed by atoms with Gasteiger partial charge in [-0.3, -0.25) is 4.99 Å². The highest BCUT2D eigenvalue weighted by atomic mass is 16.5. The summed E-state index contributed by atoms with van der Waals surface area (Å²) in [6.07, 6.45) is 4.76. The molecule has 1 aromatic carbocycles. The molecular weight excluding hydrogens is 274 g/mol. The number of hydrogen-bond acceptors (Lipinski definition) is 2. The predicted molar refractivity (Wildman–Crippen MR) is 92.3 cm³/mol. The van der Waals surface area contributed by atoms with Crippen LogP contribution in [0.1, 0.15) is 31.7 Å². The Hall–Kier alpha value is -1.55. The lowest BCUT2D eigenvalue weighted by molar-refractivity contribution is 0.145. The normalized spacial score (nSPS) is 16.4. The molecule has 0 heterocycles. The molecule has 1 fully saturated rings. The largest absolute Gasteiger partial charge is 0.382 e. The highest BCUT2D eigenvalue weighted by Gasteiger charge is 2.42. The minimum Gasteiger partial charge on any atom is -0.382 e. The summed E-state index contributed by atoms with van der Waals surface area (Å²) < 4.78 is 5.34. The van der Waals surface area contributed by atoms with Gasteiger partial charge in [0.05, 0.1) is 0 Å². The summed E-state index contributed by atoms with van der Waals surface area (Å²) >= 11 is 0. The van der Waals surface area contributed by atoms with Gasteiger partial charge in [-0.2, -0.15) is 0 Å². The van der Waals surface area contributed by atoms with Gasteiger partial charge < -0.3 is 15.4 Å². The predicted octanol–water partition coefficient (Wildman–Crippen LogP) is 2.60. The van der Waals surface area contributed by atoms with Crippen LogP contribution in [0.2, 0.25) is 0 Å². The van der Waals surface area contributed by atoms with Gasteiger partial charge in [-0.05, 0) is 43.6 Å². The topological polar surface area (TPSA) is 45.6 Å². The van der Waals surface area contributed by atoms with Gasteiger partial charge in [-0.25, -0.2) is 0 Å². The Morgan fingerprint density at radius 1 is 1.23 bits per heavy atom. The van der Waals surface area contributed by atoms with E-state index in [2.05, 4.69) is 46.0 Å². The Balaban J connectivity index is 1.69. The highest BCUT2D eigenvalue weighted by Crippen LogP contribution is 2.47. The average Bonchev–Trinajstić information content (AvgIpc) is 3.31. The fourth-order valence-corrected chi connectivity index (χ4v) is 2.64. The second-order valence-electron chi connectivity index (χ2n) is 6.07. The summed E-state index contributed by atoms with van der Waals surface area (Å²) in [5.74, 6) is 0.899. The van der Waals surface area contributed by atoms with Gasteiger partial charge in [0.15, 0.2) is 5.96 Å². The van der Waals surface area contributed by atoms with Crippen LogP contribution in [0.3, 0.4) is 0 Å². The first-order chi connectivity index (χ1) is 10.8. The number of aliphatic imine (C=N–C) groups is 1. The van der Waals surface area contributed by atoms with Crippen molar-refractivity contribution in [2.45, 2.75) is 32.6 Å². The summed E-state index contributed by atoms with van der Waals surface area (Å²) in [5.41, 5.74) is 1.85. The summed E-state index contributed by atoms with van der Waals surface area (Å²) in [7, 11) is 1.83. The molecule has 1 saturated carbocycles. The Morgan fingerprint density at radius 2 is 2.00 bits per heavy atom. The zero-order valence-corrected chi connectivity index (χ0v) is 13.9. The van der Waals surface area contributed by atoms with Crippen molar-refractivity contribution in [2.75, 3.05) is 33.4 Å². The molecule has 2 N–H and O–H groups in total. The molecular formula is C18H29N3O. The molecule has 1 aliphatic carbocycles. The first-order valence-corrected chi connectivity index (χ1v) is 8.34. The van der Waals surface area contributed by atoms with Crippen molar-refractivity contribution in [1.29, 1.82) is 0 Å². The molecule has 0 spiro atoms. The van der Waals surface area contributed by atoms with Crippen LogP contribution in [0, 0.1) is 5.41 Å². The number of hydrogen-bond donors (Lipinski definition) is 2. The van der Waals surface area contributed by atoms with Crippen molar-refractivity contribution in [2.24, 2.45) is 10.4 Å². The van der Waals surface area contributed by atoms with Crippen LogP contribution >= 0.6 is 0 Å². The van der Waals surface area contributed by atoms with Crippen molar-refractivity contribution < 1.29 is 4.74 Å². The second-order valence-corrected chi connectivity index (χ2v) is 6.07. The van der Waals surface area contributed by atoms with E-state index in [0.29, 0.717) is 5.41 Å². The van der Waals surface area contributed by atoms with Crippen LogP contribution in [-0.4, -0.2) is 39.3 Å². The fraction of sp³-hybridized carbons (Fsp3) is 0.611. The number of ether oxygens (including phenoxy) is 1. The molecule has 0 amide bonds. The van der Waals surface area contributed by atoms with Gasteiger partial charge in [-0.15, -0.1) is 0 Å². The smallest absolute Gasteiger partial charge is 0.190 e. The minimum atomic E-state index is 0.421. The number of nitrogens with one attached hydrogen (secondary N) is 2. The van der Waals surface area contributed by atoms with E-state index in [0.717, 1.165) is 45.1 Å². The molecule has 4 nitrogen and oxygen atoms in total. The van der Waals surface area contributed by atoms with Crippen LogP contribution in [0.5, 0.6) is 0 Å². The molecule has 0 aromatic heterocycles. The first kappa shape index (κ1) is 16.8. The van der Waals surface area contributed by atoms with E-state index >= 15 is 0 Å². The highest BCUT2D eigenvalue weighted by molar-refractivity contribution is 5.79. The molecule has 22 heavy (non-hydrogen) atoms. The lowest BCUT2D eigenvalue weighted by Crippen LogP contribution is -2.41. The van der Waals surface area contributed by atoms with Crippen LogP contribution in [0.25, 0.3) is 0 Å². The van der Waals surface area contributed by atoms with Crippen LogP contribution in [0.15, 0.2) is 35.3 Å². The molecule has 0 atom stereocenters. The zero-order chi connectivity index (χ0) is 15.7. The molecule has 0 bridgehead atoms. The van der Waals surface area contributed by atoms with Gasteiger partial charge in [0.25, 0.3) is 0 Å². The third kappa shape index (κ3) is 5.68. The molecule has 0 radical (unpaired) electrons. The van der Waals surface area contributed by atoms with Crippen molar-refractivity contribution in [3.05, 3.63) is 35.9 Å². The Labute approximate surface area is 134 Å². The fourth-order valence-electron chi connectivity index (χ4n) is 2.64. The van der Waals surface area contributed by atoms with E-state index in [-0.39, 0.29) is 0 Å². The van der Waals surface area contributed by atoms with Gasteiger partial charge in [0, 0.05) is 33.4 Å². The van der Waals surface area contributed by atoms with Crippen molar-refractivity contribution >= 4 is 5.96 Å². The second kappa shape index (κ2) is 8.79. The van der Waals surface area contributed by atoms with Crippen LogP contribution in [-0.2, 0) is 11.2 Å². The Morgan fingerprint density at radius 3 is 2.64 bits per heavy atom. The van der Waals surface area contributed by atoms with E-state index in [9.17, 15) is 0 Å². The third-order valence-corrected chi connectivity index (χ3v) is 4.20. The van der Waals surface area contributed by atoms with Gasteiger partial charge >= 0.3 is 0 Å². The maximum atomic E-state index is 5.34. The van der Waals surface area contributed by atoms with Crippen molar-refractivity contribution in [3.8, 4) is 0 Å². The molecule has 0 saturated heterocycles. The monoisotopic (exact) mass is 303 g/mol. The SMILES string of the molecule is CCOCCCNC(=NC)NCC1(Cc2ccccc2)CC1. The van der Waals surface area contributed by atoms with Crippen molar-refractivity contribution in [1.82, 2.24) is 10.6 Å². The third-order valence-electron chi connectivity index (χ3n) is 4.20. The van der Waals surface area contributed by atoms with E-state index in [1.807, 2.05) is 14.0 Å². The molecule has 2 rings (SSSR count). The van der Waals surface area contributed by atoms with E-state index in [4.69, 9.17) is 4.74 Å². The van der Waals surface area contributed by atoms with Gasteiger partial charge in [-0.1, -0.05) is 30.3 Å². The van der Waals surface area contributed by atoms with Crippen LogP contribution in [0.4, 0.5) is 0 Å². The Kier molecular flexibility index (Phi) is 6.72. The molecule has 122 valence electrons. The number of guanidine groups is 1. The standard InChI is InChI=1S/C18H29N3O/c1-3-22-13-7-12-20-17(19-2)21-15-18(10-11-18)14-16-8-5-4-6-9-16/h4-6,8-9H,3,7,10-15H2,1-2H3,(H2,19,20,21). The quantitative estimate of drug-likeness (QED) is 0.419. The molecule has 4 heteroatoms. The molecule has 1 aromatic rings.